The first-order valence-electron chi connectivity index (χ1n) is 12.7. The van der Waals surface area contributed by atoms with Crippen LogP contribution in [0.2, 0.25) is 0 Å². The van der Waals surface area contributed by atoms with Crippen LogP contribution in [-0.2, 0) is 4.79 Å². The summed E-state index contributed by atoms with van der Waals surface area (Å²) in [5.41, 5.74) is 4.44. The average Bonchev–Trinajstić information content (AvgIpc) is 3.37. The smallest absolute Gasteiger partial charge is 0.314 e. The fraction of sp³-hybridized carbons (Fsp3) is 0.241. The lowest BCUT2D eigenvalue weighted by molar-refractivity contribution is -0.140. The van der Waals surface area contributed by atoms with Crippen molar-refractivity contribution in [3.05, 3.63) is 78.3 Å². The van der Waals surface area contributed by atoms with Gasteiger partial charge < -0.3 is 19.6 Å². The van der Waals surface area contributed by atoms with Gasteiger partial charge in [-0.2, -0.15) is 0 Å². The third kappa shape index (κ3) is 4.65. The van der Waals surface area contributed by atoms with Crippen LogP contribution in [0.15, 0.2) is 71.5 Å². The molecule has 1 atom stereocenters. The predicted octanol–water partition coefficient (Wildman–Crippen LogP) is 4.88. The molecule has 1 aliphatic rings. The number of nitrogens with zero attached hydrogens (tertiary/aromatic N) is 6. The van der Waals surface area contributed by atoms with Gasteiger partial charge in [0.1, 0.15) is 17.4 Å². The molecule has 0 amide bonds. The van der Waals surface area contributed by atoms with Crippen molar-refractivity contribution in [1.82, 2.24) is 25.3 Å². The summed E-state index contributed by atoms with van der Waals surface area (Å²) in [6.45, 7) is 5.22. The minimum absolute atomic E-state index is 0.129. The average molecular weight is 523 g/mol. The summed E-state index contributed by atoms with van der Waals surface area (Å²) >= 11 is 0. The van der Waals surface area contributed by atoms with Crippen LogP contribution in [0.1, 0.15) is 37.0 Å². The van der Waals surface area contributed by atoms with Crippen LogP contribution in [0.25, 0.3) is 33.4 Å². The van der Waals surface area contributed by atoms with Crippen LogP contribution in [0, 0.1) is 5.92 Å². The third-order valence-electron chi connectivity index (χ3n) is 7.13. The number of phenolic OH excluding ortho intramolecular Hbond substituents is 1. The Kier molecular flexibility index (Phi) is 6.14. The van der Waals surface area contributed by atoms with E-state index in [1.54, 1.807) is 30.6 Å². The van der Waals surface area contributed by atoms with Gasteiger partial charge in [-0.05, 0) is 41.8 Å². The van der Waals surface area contributed by atoms with E-state index in [0.717, 1.165) is 24.0 Å². The second kappa shape index (κ2) is 9.79. The molecule has 196 valence electrons. The first-order chi connectivity index (χ1) is 18.9. The van der Waals surface area contributed by atoms with Crippen molar-refractivity contribution < 1.29 is 19.5 Å². The summed E-state index contributed by atoms with van der Waals surface area (Å²) in [4.78, 5) is 22.7. The highest BCUT2D eigenvalue weighted by atomic mass is 16.5. The molecule has 0 aliphatic carbocycles. The van der Waals surface area contributed by atoms with Crippen LogP contribution in [0.3, 0.4) is 0 Å². The standard InChI is InChI=1S/C29H26N6O4/c1-16(2)27(28(37)38)26-11-23(34-39-26)19-12-30-29(31-13-19)35-14-20(15-35)17-7-8-22-18(9-17)10-24(33-32-22)21-5-3-4-6-25(21)36/h3-13,16,20,27,36H,14-15H2,1-2H3,(H,37,38). The molecule has 4 heterocycles. The predicted molar refractivity (Wildman–Crippen MR) is 144 cm³/mol. The van der Waals surface area contributed by atoms with Crippen molar-refractivity contribution in [2.24, 2.45) is 5.92 Å². The fourth-order valence-corrected chi connectivity index (χ4v) is 4.92. The Morgan fingerprint density at radius 2 is 1.77 bits per heavy atom. The van der Waals surface area contributed by atoms with E-state index in [1.165, 1.54) is 5.56 Å². The summed E-state index contributed by atoms with van der Waals surface area (Å²) < 4.78 is 5.33. The van der Waals surface area contributed by atoms with E-state index in [2.05, 4.69) is 42.4 Å². The number of carboxylic acids is 1. The van der Waals surface area contributed by atoms with Crippen LogP contribution < -0.4 is 4.90 Å². The Hall–Kier alpha value is -4.86. The molecule has 5 aromatic rings. The number of carbonyl (C=O) groups is 1. The molecule has 0 spiro atoms. The lowest BCUT2D eigenvalue weighted by Crippen LogP contribution is -2.45. The van der Waals surface area contributed by atoms with E-state index in [1.807, 2.05) is 38.1 Å². The third-order valence-corrected chi connectivity index (χ3v) is 7.13. The van der Waals surface area contributed by atoms with Crippen LogP contribution in [0.4, 0.5) is 5.95 Å². The maximum absolute atomic E-state index is 11.6. The van der Waals surface area contributed by atoms with Gasteiger partial charge in [0.05, 0.1) is 11.2 Å². The van der Waals surface area contributed by atoms with Crippen molar-refractivity contribution in [2.45, 2.75) is 25.7 Å². The van der Waals surface area contributed by atoms with Crippen LogP contribution in [0.5, 0.6) is 5.75 Å². The number of carboxylic acid groups (broad SMARTS) is 1. The van der Waals surface area contributed by atoms with Crippen LogP contribution in [-0.4, -0.2) is 54.6 Å². The van der Waals surface area contributed by atoms with Gasteiger partial charge in [0.15, 0.2) is 5.76 Å². The maximum atomic E-state index is 11.6. The van der Waals surface area contributed by atoms with E-state index < -0.39 is 11.9 Å². The lowest BCUT2D eigenvalue weighted by atomic mass is 9.90. The molecule has 0 radical (unpaired) electrons. The molecule has 1 saturated heterocycles. The molecule has 0 bridgehead atoms. The molecule has 2 aromatic carbocycles. The van der Waals surface area contributed by atoms with Gasteiger partial charge in [-0.15, -0.1) is 10.2 Å². The molecular formula is C29H26N6O4. The van der Waals surface area contributed by atoms with Gasteiger partial charge in [-0.3, -0.25) is 4.79 Å². The number of fused-ring (bicyclic) bond motifs is 1. The van der Waals surface area contributed by atoms with Crippen molar-refractivity contribution in [2.75, 3.05) is 18.0 Å². The van der Waals surface area contributed by atoms with Crippen molar-refractivity contribution in [3.63, 3.8) is 0 Å². The molecule has 10 heteroatoms. The van der Waals surface area contributed by atoms with E-state index in [-0.39, 0.29) is 11.7 Å². The molecule has 10 nitrogen and oxygen atoms in total. The zero-order valence-corrected chi connectivity index (χ0v) is 21.4. The second-order valence-electron chi connectivity index (χ2n) is 10.1. The number of anilines is 1. The summed E-state index contributed by atoms with van der Waals surface area (Å²) in [5.74, 6) is -0.399. The highest BCUT2D eigenvalue weighted by Gasteiger charge is 2.31. The summed E-state index contributed by atoms with van der Waals surface area (Å²) in [5, 5.41) is 33.3. The monoisotopic (exact) mass is 522 g/mol. The number of benzene rings is 2. The first kappa shape index (κ1) is 24.5. The summed E-state index contributed by atoms with van der Waals surface area (Å²) in [6, 6.07) is 16.9. The van der Waals surface area contributed by atoms with Crippen molar-refractivity contribution in [3.8, 4) is 28.3 Å². The molecule has 1 fully saturated rings. The lowest BCUT2D eigenvalue weighted by Gasteiger charge is -2.39. The number of aliphatic carboxylic acids is 1. The number of phenols is 1. The SMILES string of the molecule is CC(C)C(C(=O)O)c1cc(-c2cnc(N3CC(c4ccc5nnc(-c6ccccc6O)cc5c4)C3)nc2)no1. The number of hydrogen-bond acceptors (Lipinski definition) is 9. The molecule has 6 rings (SSSR count). The highest BCUT2D eigenvalue weighted by molar-refractivity contribution is 5.83. The largest absolute Gasteiger partial charge is 0.507 e. The fourth-order valence-electron chi connectivity index (χ4n) is 4.92. The Balaban J connectivity index is 1.15. The van der Waals surface area contributed by atoms with E-state index >= 15 is 0 Å². The highest BCUT2D eigenvalue weighted by Crippen LogP contribution is 2.34. The molecular weight excluding hydrogens is 496 g/mol. The first-order valence-corrected chi connectivity index (χ1v) is 12.7. The van der Waals surface area contributed by atoms with Crippen LogP contribution >= 0.6 is 0 Å². The molecule has 1 aliphatic heterocycles. The minimum atomic E-state index is -0.943. The number of aromatic nitrogens is 5. The molecule has 39 heavy (non-hydrogen) atoms. The summed E-state index contributed by atoms with van der Waals surface area (Å²) in [6.07, 6.45) is 3.36. The topological polar surface area (TPSA) is 138 Å². The quantitative estimate of drug-likeness (QED) is 0.304. The normalized spacial score (nSPS) is 14.5. The van der Waals surface area contributed by atoms with Crippen molar-refractivity contribution in [1.29, 1.82) is 0 Å². The second-order valence-corrected chi connectivity index (χ2v) is 10.1. The molecule has 3 aromatic heterocycles. The van der Waals surface area contributed by atoms with Gasteiger partial charge in [0.2, 0.25) is 5.95 Å². The van der Waals surface area contributed by atoms with E-state index in [4.69, 9.17) is 4.52 Å². The Morgan fingerprint density at radius 3 is 2.49 bits per heavy atom. The zero-order chi connectivity index (χ0) is 27.1. The summed E-state index contributed by atoms with van der Waals surface area (Å²) in [7, 11) is 0. The van der Waals surface area contributed by atoms with Gasteiger partial charge in [-0.1, -0.05) is 37.2 Å². The Morgan fingerprint density at radius 1 is 1.00 bits per heavy atom. The zero-order valence-electron chi connectivity index (χ0n) is 21.4. The Bertz CT molecular complexity index is 1660. The van der Waals surface area contributed by atoms with Gasteiger partial charge in [0, 0.05) is 54.0 Å². The van der Waals surface area contributed by atoms with Gasteiger partial charge in [0.25, 0.3) is 0 Å². The minimum Gasteiger partial charge on any atom is -0.507 e. The maximum Gasteiger partial charge on any atom is 0.314 e. The Labute approximate surface area is 224 Å². The molecule has 1 unspecified atom stereocenters. The van der Waals surface area contributed by atoms with E-state index in [0.29, 0.717) is 40.1 Å². The molecule has 0 saturated carbocycles. The molecule has 2 N–H and O–H groups in total. The van der Waals surface area contributed by atoms with Gasteiger partial charge >= 0.3 is 5.97 Å². The van der Waals surface area contributed by atoms with Gasteiger partial charge in [-0.25, -0.2) is 9.97 Å². The number of rotatable bonds is 7. The number of hydrogen-bond donors (Lipinski definition) is 2. The number of para-hydroxylation sites is 1. The number of aromatic hydroxyl groups is 1. The van der Waals surface area contributed by atoms with E-state index in [9.17, 15) is 15.0 Å². The van der Waals surface area contributed by atoms with Crippen molar-refractivity contribution >= 4 is 22.8 Å².